The van der Waals surface area contributed by atoms with E-state index < -0.39 is 20.7 Å². The maximum Gasteiger partial charge on any atom is 0.246 e. The second-order valence-electron chi connectivity index (χ2n) is 6.89. The molecule has 0 unspecified atom stereocenters. The van der Waals surface area contributed by atoms with Crippen LogP contribution < -0.4 is 9.47 Å². The first-order chi connectivity index (χ1) is 14.9. The smallest absolute Gasteiger partial charge is 0.246 e. The molecule has 0 atom stereocenters. The van der Waals surface area contributed by atoms with Crippen LogP contribution in [0.4, 0.5) is 4.39 Å². The van der Waals surface area contributed by atoms with Gasteiger partial charge in [-0.15, -0.1) is 0 Å². The highest BCUT2D eigenvalue weighted by Crippen LogP contribution is 2.25. The van der Waals surface area contributed by atoms with Crippen LogP contribution in [0, 0.1) is 5.82 Å². The van der Waals surface area contributed by atoms with Crippen molar-refractivity contribution in [2.45, 2.75) is 24.6 Å². The van der Waals surface area contributed by atoms with Gasteiger partial charge >= 0.3 is 0 Å². The van der Waals surface area contributed by atoms with Gasteiger partial charge in [-0.2, -0.15) is 4.31 Å². The average Bonchev–Trinajstić information content (AvgIpc) is 2.79. The number of aliphatic hydroxyl groups is 1. The number of methoxy groups -OCH3 is 2. The predicted molar refractivity (Wildman–Crippen MR) is 115 cm³/mol. The van der Waals surface area contributed by atoms with Gasteiger partial charge in [0.2, 0.25) is 10.0 Å². The number of hydrogen-bond donors (Lipinski definition) is 1. The van der Waals surface area contributed by atoms with E-state index in [0.29, 0.717) is 17.1 Å². The third-order valence-corrected chi connectivity index (χ3v) is 6.66. The molecular formula is C23H24FNO5S. The molecule has 0 bridgehead atoms. The Labute approximate surface area is 181 Å². The predicted octanol–water partition coefficient (Wildman–Crippen LogP) is 3.73. The van der Waals surface area contributed by atoms with Gasteiger partial charge in [0.1, 0.15) is 22.2 Å². The van der Waals surface area contributed by atoms with Crippen LogP contribution in [-0.4, -0.2) is 32.0 Å². The molecule has 6 nitrogen and oxygen atoms in total. The van der Waals surface area contributed by atoms with E-state index in [1.165, 1.54) is 16.4 Å². The summed E-state index contributed by atoms with van der Waals surface area (Å²) < 4.78 is 52.9. The number of nitrogens with zero attached hydrogens (tertiary/aromatic N) is 1. The highest BCUT2D eigenvalue weighted by atomic mass is 32.2. The van der Waals surface area contributed by atoms with Gasteiger partial charge in [-0.1, -0.05) is 30.3 Å². The molecule has 1 N–H and O–H groups in total. The number of sulfonamides is 1. The van der Waals surface area contributed by atoms with Crippen molar-refractivity contribution in [2.75, 3.05) is 14.2 Å². The van der Waals surface area contributed by atoms with Gasteiger partial charge in [0.05, 0.1) is 20.8 Å². The molecule has 3 rings (SSSR count). The van der Waals surface area contributed by atoms with Crippen molar-refractivity contribution in [2.24, 2.45) is 0 Å². The number of benzene rings is 3. The van der Waals surface area contributed by atoms with Crippen LogP contribution >= 0.6 is 0 Å². The number of rotatable bonds is 9. The molecule has 3 aromatic carbocycles. The van der Waals surface area contributed by atoms with Gasteiger partial charge in [-0.05, 0) is 53.1 Å². The Balaban J connectivity index is 1.98. The molecule has 0 fully saturated rings. The lowest BCUT2D eigenvalue weighted by Crippen LogP contribution is -2.31. The lowest BCUT2D eigenvalue weighted by atomic mass is 10.2. The Bertz CT molecular complexity index is 1070. The normalized spacial score (nSPS) is 11.5. The van der Waals surface area contributed by atoms with E-state index in [4.69, 9.17) is 9.47 Å². The third-order valence-electron chi connectivity index (χ3n) is 4.83. The van der Waals surface area contributed by atoms with E-state index in [1.807, 2.05) is 0 Å². The molecule has 0 amide bonds. The zero-order valence-electron chi connectivity index (χ0n) is 17.3. The van der Waals surface area contributed by atoms with Crippen molar-refractivity contribution in [1.29, 1.82) is 0 Å². The van der Waals surface area contributed by atoms with Crippen LogP contribution in [0.25, 0.3) is 0 Å². The fourth-order valence-corrected chi connectivity index (χ4v) is 4.55. The summed E-state index contributed by atoms with van der Waals surface area (Å²) >= 11 is 0. The van der Waals surface area contributed by atoms with Crippen LogP contribution in [0.3, 0.4) is 0 Å². The molecule has 0 heterocycles. The summed E-state index contributed by atoms with van der Waals surface area (Å²) in [5.41, 5.74) is 1.75. The molecule has 164 valence electrons. The van der Waals surface area contributed by atoms with Crippen molar-refractivity contribution in [3.8, 4) is 11.5 Å². The van der Waals surface area contributed by atoms with Crippen molar-refractivity contribution in [3.05, 3.63) is 89.2 Å². The molecule has 31 heavy (non-hydrogen) atoms. The van der Waals surface area contributed by atoms with Crippen LogP contribution in [0.1, 0.15) is 16.7 Å². The number of ether oxygens (including phenoxy) is 2. The van der Waals surface area contributed by atoms with E-state index >= 15 is 0 Å². The zero-order valence-corrected chi connectivity index (χ0v) is 18.1. The van der Waals surface area contributed by atoms with Crippen molar-refractivity contribution < 1.29 is 27.4 Å². The Kier molecular flexibility index (Phi) is 7.27. The van der Waals surface area contributed by atoms with Gasteiger partial charge in [-0.25, -0.2) is 12.8 Å². The first-order valence-corrected chi connectivity index (χ1v) is 11.0. The van der Waals surface area contributed by atoms with Gasteiger partial charge in [0.25, 0.3) is 0 Å². The quantitative estimate of drug-likeness (QED) is 0.543. The highest BCUT2D eigenvalue weighted by Gasteiger charge is 2.28. The lowest BCUT2D eigenvalue weighted by molar-refractivity contribution is 0.281. The largest absolute Gasteiger partial charge is 0.497 e. The SMILES string of the molecule is COc1ccc(CN(Cc2ccc(OC)cc2)S(=O)(=O)c2ccc(CO)cc2F)cc1. The fourth-order valence-electron chi connectivity index (χ4n) is 3.09. The van der Waals surface area contributed by atoms with Crippen LogP contribution in [0.15, 0.2) is 71.6 Å². The minimum atomic E-state index is -4.17. The van der Waals surface area contributed by atoms with Crippen LogP contribution in [0.2, 0.25) is 0 Å². The third kappa shape index (κ3) is 5.41. The summed E-state index contributed by atoms with van der Waals surface area (Å²) in [7, 11) is -1.07. The molecule has 0 spiro atoms. The Hall–Kier alpha value is -2.94. The minimum Gasteiger partial charge on any atom is -0.497 e. The van der Waals surface area contributed by atoms with Crippen molar-refractivity contribution in [1.82, 2.24) is 4.31 Å². The minimum absolute atomic E-state index is 0.0412. The van der Waals surface area contributed by atoms with Crippen LogP contribution in [0.5, 0.6) is 11.5 Å². The molecule has 0 aromatic heterocycles. The molecule has 3 aromatic rings. The monoisotopic (exact) mass is 445 g/mol. The summed E-state index contributed by atoms with van der Waals surface area (Å²) in [6.45, 7) is -0.294. The molecule has 0 radical (unpaired) electrons. The second-order valence-corrected chi connectivity index (χ2v) is 8.80. The standard InChI is InChI=1S/C23H24FNO5S/c1-29-20-8-3-17(4-9-20)14-25(15-18-5-10-21(30-2)11-6-18)31(27,28)23-12-7-19(16-26)13-22(23)24/h3-13,26H,14-16H2,1-2H3. The van der Waals surface area contributed by atoms with Crippen LogP contribution in [-0.2, 0) is 29.7 Å². The molecular weight excluding hydrogens is 421 g/mol. The summed E-state index contributed by atoms with van der Waals surface area (Å²) in [6.07, 6.45) is 0. The van der Waals surface area contributed by atoms with E-state index in [9.17, 15) is 17.9 Å². The molecule has 8 heteroatoms. The van der Waals surface area contributed by atoms with Crippen molar-refractivity contribution in [3.63, 3.8) is 0 Å². The van der Waals surface area contributed by atoms with Gasteiger partial charge in [0.15, 0.2) is 0 Å². The highest BCUT2D eigenvalue weighted by molar-refractivity contribution is 7.89. The molecule has 0 saturated carbocycles. The van der Waals surface area contributed by atoms with E-state index in [2.05, 4.69) is 0 Å². The number of aliphatic hydroxyl groups excluding tert-OH is 1. The van der Waals surface area contributed by atoms with Gasteiger partial charge in [-0.3, -0.25) is 0 Å². The van der Waals surface area contributed by atoms with E-state index in [1.54, 1.807) is 62.8 Å². The summed E-state index contributed by atoms with van der Waals surface area (Å²) in [6, 6.07) is 17.6. The Morgan fingerprint density at radius 1 is 0.806 bits per heavy atom. The maximum absolute atomic E-state index is 14.6. The Morgan fingerprint density at radius 3 is 1.65 bits per heavy atom. The summed E-state index contributed by atoms with van der Waals surface area (Å²) in [4.78, 5) is -0.438. The van der Waals surface area contributed by atoms with E-state index in [-0.39, 0.29) is 19.7 Å². The van der Waals surface area contributed by atoms with E-state index in [0.717, 1.165) is 17.2 Å². The molecule has 0 saturated heterocycles. The van der Waals surface area contributed by atoms with Crippen molar-refractivity contribution >= 4 is 10.0 Å². The summed E-state index contributed by atoms with van der Waals surface area (Å²) in [5, 5.41) is 9.19. The fraction of sp³-hybridized carbons (Fsp3) is 0.217. The van der Waals surface area contributed by atoms with Gasteiger partial charge < -0.3 is 14.6 Å². The first-order valence-electron chi connectivity index (χ1n) is 9.52. The molecule has 0 aliphatic carbocycles. The number of hydrogen-bond acceptors (Lipinski definition) is 5. The van der Waals surface area contributed by atoms with Gasteiger partial charge in [0, 0.05) is 13.1 Å². The lowest BCUT2D eigenvalue weighted by Gasteiger charge is -2.23. The second kappa shape index (κ2) is 9.91. The maximum atomic E-state index is 14.6. The zero-order chi connectivity index (χ0) is 22.4. The summed E-state index contributed by atoms with van der Waals surface area (Å²) in [5.74, 6) is 0.402. The average molecular weight is 446 g/mol. The molecule has 0 aliphatic rings. The number of halogens is 1. The first kappa shape index (κ1) is 22.7. The Morgan fingerprint density at radius 2 is 1.26 bits per heavy atom. The molecule has 0 aliphatic heterocycles. The topological polar surface area (TPSA) is 76.1 Å².